The molecule has 1 aromatic heterocycles. The fraction of sp³-hybridized carbons (Fsp3) is 0.474. The lowest BCUT2D eigenvalue weighted by atomic mass is 10.0. The van der Waals surface area contributed by atoms with Crippen LogP contribution in [-0.2, 0) is 17.6 Å². The maximum absolute atomic E-state index is 12.4. The Labute approximate surface area is 161 Å². The highest BCUT2D eigenvalue weighted by Crippen LogP contribution is 2.29. The topological polar surface area (TPSA) is 82.2 Å². The van der Waals surface area contributed by atoms with Crippen molar-refractivity contribution in [1.29, 1.82) is 0 Å². The number of benzene rings is 1. The summed E-state index contributed by atoms with van der Waals surface area (Å²) < 4.78 is 0. The van der Waals surface area contributed by atoms with Gasteiger partial charge in [-0.1, -0.05) is 28.0 Å². The molecule has 3 rings (SSSR count). The van der Waals surface area contributed by atoms with Gasteiger partial charge in [-0.05, 0) is 49.4 Å². The largest absolute Gasteiger partial charge is 0.481 e. The number of aromatic amines is 1. The first-order valence-corrected chi connectivity index (χ1v) is 11.5. The number of aryl methyl sites for hydroxylation is 2. The smallest absolute Gasteiger partial charge is 0.304 e. The Morgan fingerprint density at radius 2 is 1.92 bits per heavy atom. The molecule has 0 saturated carbocycles. The monoisotopic (exact) mass is 392 g/mol. The Morgan fingerprint density at radius 3 is 2.77 bits per heavy atom. The van der Waals surface area contributed by atoms with Gasteiger partial charge in [-0.15, -0.1) is 0 Å². The fourth-order valence-corrected chi connectivity index (χ4v) is 5.17. The van der Waals surface area contributed by atoms with E-state index >= 15 is 0 Å². The molecule has 26 heavy (non-hydrogen) atoms. The Hall–Kier alpha value is -1.60. The molecule has 1 amide bonds. The first-order chi connectivity index (χ1) is 12.6. The van der Waals surface area contributed by atoms with Gasteiger partial charge >= 0.3 is 5.97 Å². The van der Waals surface area contributed by atoms with E-state index in [1.807, 2.05) is 18.2 Å². The number of hydrogen-bond donors (Lipinski definition) is 3. The molecule has 2 aromatic rings. The molecule has 1 aromatic carbocycles. The van der Waals surface area contributed by atoms with Crippen molar-refractivity contribution in [3.63, 3.8) is 0 Å². The van der Waals surface area contributed by atoms with Gasteiger partial charge in [0.1, 0.15) is 0 Å². The molecule has 0 radical (unpaired) electrons. The second-order valence-corrected chi connectivity index (χ2v) is 9.15. The predicted octanol–water partition coefficient (Wildman–Crippen LogP) is 4.02. The Balaban J connectivity index is 1.53. The number of aliphatic carboxylic acids is 1. The molecule has 0 saturated heterocycles. The van der Waals surface area contributed by atoms with Crippen LogP contribution in [0, 0.1) is 0 Å². The summed E-state index contributed by atoms with van der Waals surface area (Å²) in [5, 5.41) is 12.7. The normalized spacial score (nSPS) is 14.0. The molecule has 1 heterocycles. The number of fused-ring (bicyclic) bond motifs is 3. The van der Waals surface area contributed by atoms with E-state index in [9.17, 15) is 9.59 Å². The van der Waals surface area contributed by atoms with Gasteiger partial charge < -0.3 is 15.4 Å². The Kier molecular flexibility index (Phi) is 6.91. The van der Waals surface area contributed by atoms with Crippen LogP contribution in [0.5, 0.6) is 0 Å². The number of carbonyl (C=O) groups is 2. The zero-order chi connectivity index (χ0) is 18.4. The van der Waals surface area contributed by atoms with Gasteiger partial charge in [-0.2, -0.15) is 0 Å². The number of amides is 1. The third-order valence-electron chi connectivity index (χ3n) is 4.56. The first kappa shape index (κ1) is 19.2. The minimum Gasteiger partial charge on any atom is -0.481 e. The highest BCUT2D eigenvalue weighted by molar-refractivity contribution is 8.76. The molecule has 0 atom stereocenters. The maximum Gasteiger partial charge on any atom is 0.304 e. The quantitative estimate of drug-likeness (QED) is 0.359. The second kappa shape index (κ2) is 9.37. The van der Waals surface area contributed by atoms with Gasteiger partial charge in [0.15, 0.2) is 0 Å². The van der Waals surface area contributed by atoms with Gasteiger partial charge in [0, 0.05) is 40.2 Å². The van der Waals surface area contributed by atoms with E-state index < -0.39 is 5.97 Å². The van der Waals surface area contributed by atoms with Gasteiger partial charge in [0.05, 0.1) is 6.42 Å². The van der Waals surface area contributed by atoms with E-state index in [0.717, 1.165) is 24.1 Å². The van der Waals surface area contributed by atoms with Crippen LogP contribution in [0.3, 0.4) is 0 Å². The van der Waals surface area contributed by atoms with E-state index in [4.69, 9.17) is 5.11 Å². The zero-order valence-electron chi connectivity index (χ0n) is 14.7. The molecule has 140 valence electrons. The molecule has 0 spiro atoms. The third kappa shape index (κ3) is 4.98. The highest BCUT2D eigenvalue weighted by atomic mass is 33.1. The van der Waals surface area contributed by atoms with Crippen molar-refractivity contribution in [1.82, 2.24) is 10.3 Å². The van der Waals surface area contributed by atoms with Crippen LogP contribution in [0.1, 0.15) is 47.3 Å². The molecular weight excluding hydrogens is 368 g/mol. The number of H-pyrrole nitrogens is 1. The van der Waals surface area contributed by atoms with Crippen molar-refractivity contribution in [2.75, 3.05) is 18.1 Å². The number of carboxylic acids is 1. The minimum absolute atomic E-state index is 0.0494. The molecule has 7 heteroatoms. The van der Waals surface area contributed by atoms with E-state index in [1.165, 1.54) is 46.7 Å². The summed E-state index contributed by atoms with van der Waals surface area (Å²) in [5.41, 5.74) is 4.55. The first-order valence-electron chi connectivity index (χ1n) is 9.03. The van der Waals surface area contributed by atoms with Crippen molar-refractivity contribution in [2.24, 2.45) is 0 Å². The molecule has 1 aliphatic carbocycles. The van der Waals surface area contributed by atoms with Gasteiger partial charge in [-0.3, -0.25) is 9.59 Å². The van der Waals surface area contributed by atoms with Crippen LogP contribution in [-0.4, -0.2) is 40.0 Å². The van der Waals surface area contributed by atoms with E-state index in [1.54, 1.807) is 10.8 Å². The van der Waals surface area contributed by atoms with Gasteiger partial charge in [0.2, 0.25) is 0 Å². The van der Waals surface area contributed by atoms with Gasteiger partial charge in [0.25, 0.3) is 5.91 Å². The summed E-state index contributed by atoms with van der Waals surface area (Å²) in [6.07, 6.45) is 6.08. The van der Waals surface area contributed by atoms with Crippen molar-refractivity contribution in [3.8, 4) is 0 Å². The van der Waals surface area contributed by atoms with Crippen LogP contribution < -0.4 is 5.32 Å². The number of hydrogen-bond acceptors (Lipinski definition) is 4. The van der Waals surface area contributed by atoms with E-state index in [2.05, 4.69) is 10.3 Å². The third-order valence-corrected chi connectivity index (χ3v) is 6.97. The van der Waals surface area contributed by atoms with Crippen LogP contribution in [0.15, 0.2) is 18.2 Å². The average Bonchev–Trinajstić information content (AvgIpc) is 2.80. The molecular formula is C19H24N2O3S2. The lowest BCUT2D eigenvalue weighted by molar-refractivity contribution is -0.136. The zero-order valence-corrected chi connectivity index (χ0v) is 16.3. The molecule has 0 bridgehead atoms. The molecule has 3 N–H and O–H groups in total. The average molecular weight is 393 g/mol. The number of carbonyl (C=O) groups excluding carboxylic acids is 1. The number of nitrogens with one attached hydrogen (secondary N) is 2. The standard InChI is InChI=1S/C19H24N2O3S2/c22-18(23)8-10-25-26-11-9-20-19(24)13-6-7-17-15(12-13)14-4-2-1-3-5-16(14)21-17/h6-7,12,21H,1-5,8-11H2,(H,20,24)(H,22,23). The fourth-order valence-electron chi connectivity index (χ4n) is 3.28. The Morgan fingerprint density at radius 1 is 1.12 bits per heavy atom. The summed E-state index contributed by atoms with van der Waals surface area (Å²) in [5.74, 6) is 0.525. The number of aromatic nitrogens is 1. The van der Waals surface area contributed by atoms with Crippen molar-refractivity contribution >= 4 is 44.4 Å². The second-order valence-electron chi connectivity index (χ2n) is 6.45. The summed E-state index contributed by atoms with van der Waals surface area (Å²) in [4.78, 5) is 26.4. The summed E-state index contributed by atoms with van der Waals surface area (Å²) in [7, 11) is 3.12. The number of rotatable bonds is 8. The highest BCUT2D eigenvalue weighted by Gasteiger charge is 2.15. The Bertz CT molecular complexity index is 788. The lowest BCUT2D eigenvalue weighted by Gasteiger charge is -2.06. The van der Waals surface area contributed by atoms with Crippen LogP contribution in [0.2, 0.25) is 0 Å². The SMILES string of the molecule is O=C(O)CCSSCCNC(=O)c1ccc2[nH]c3c(c2c1)CCCCC3. The molecule has 1 aliphatic rings. The lowest BCUT2D eigenvalue weighted by Crippen LogP contribution is -2.25. The molecule has 0 aliphatic heterocycles. The summed E-state index contributed by atoms with van der Waals surface area (Å²) in [6, 6.07) is 5.90. The van der Waals surface area contributed by atoms with Gasteiger partial charge in [-0.25, -0.2) is 0 Å². The molecule has 0 unspecified atom stereocenters. The van der Waals surface area contributed by atoms with Crippen LogP contribution >= 0.6 is 21.6 Å². The minimum atomic E-state index is -0.774. The van der Waals surface area contributed by atoms with Crippen LogP contribution in [0.4, 0.5) is 0 Å². The predicted molar refractivity (Wildman–Crippen MR) is 109 cm³/mol. The molecule has 5 nitrogen and oxygen atoms in total. The molecule has 0 fully saturated rings. The maximum atomic E-state index is 12.4. The van der Waals surface area contributed by atoms with Crippen molar-refractivity contribution < 1.29 is 14.7 Å². The van der Waals surface area contributed by atoms with Crippen molar-refractivity contribution in [3.05, 3.63) is 35.0 Å². The van der Waals surface area contributed by atoms with E-state index in [0.29, 0.717) is 17.9 Å². The van der Waals surface area contributed by atoms with E-state index in [-0.39, 0.29) is 12.3 Å². The summed E-state index contributed by atoms with van der Waals surface area (Å²) >= 11 is 0. The number of carboxylic acid groups (broad SMARTS) is 1. The van der Waals surface area contributed by atoms with Crippen LogP contribution in [0.25, 0.3) is 10.9 Å². The summed E-state index contributed by atoms with van der Waals surface area (Å²) in [6.45, 7) is 0.576. The van der Waals surface area contributed by atoms with Crippen molar-refractivity contribution in [2.45, 2.75) is 38.5 Å².